The molecule has 2 aromatic rings. The van der Waals surface area contributed by atoms with Crippen LogP contribution in [0.2, 0.25) is 0 Å². The van der Waals surface area contributed by atoms with Gasteiger partial charge in [-0.1, -0.05) is 42.5 Å². The van der Waals surface area contributed by atoms with Gasteiger partial charge in [-0.2, -0.15) is 0 Å². The first kappa shape index (κ1) is 20.0. The Morgan fingerprint density at radius 3 is 2.43 bits per heavy atom. The number of rotatable bonds is 7. The molecule has 2 aromatic carbocycles. The molecule has 1 fully saturated rings. The van der Waals surface area contributed by atoms with Gasteiger partial charge in [0.1, 0.15) is 5.82 Å². The molecule has 5 nitrogen and oxygen atoms in total. The maximum absolute atomic E-state index is 13.2. The lowest BCUT2D eigenvalue weighted by atomic mass is 9.89. The highest BCUT2D eigenvalue weighted by Gasteiger charge is 2.38. The second-order valence-corrected chi connectivity index (χ2v) is 7.35. The smallest absolute Gasteiger partial charge is 0.308 e. The van der Waals surface area contributed by atoms with Gasteiger partial charge in [-0.15, -0.1) is 0 Å². The van der Waals surface area contributed by atoms with Crippen LogP contribution < -0.4 is 0 Å². The summed E-state index contributed by atoms with van der Waals surface area (Å²) in [5.74, 6) is -1.92. The summed E-state index contributed by atoms with van der Waals surface area (Å²) in [6.45, 7) is 2.01. The van der Waals surface area contributed by atoms with Crippen LogP contribution >= 0.6 is 0 Å². The average Bonchev–Trinajstić information content (AvgIpc) is 3.12. The number of carboxylic acids is 1. The normalized spacial score (nSPS) is 19.5. The van der Waals surface area contributed by atoms with Crippen LogP contribution in [0, 0.1) is 11.7 Å². The first-order valence-corrected chi connectivity index (χ1v) is 9.42. The lowest BCUT2D eigenvalue weighted by Crippen LogP contribution is -2.31. The summed E-state index contributed by atoms with van der Waals surface area (Å²) in [5.41, 5.74) is 1.89. The van der Waals surface area contributed by atoms with E-state index in [1.807, 2.05) is 35.2 Å². The van der Waals surface area contributed by atoms with Gasteiger partial charge in [0.15, 0.2) is 0 Å². The lowest BCUT2D eigenvalue weighted by Gasteiger charge is -2.20. The molecule has 6 heteroatoms. The molecule has 0 aliphatic carbocycles. The third kappa shape index (κ3) is 4.95. The number of benzene rings is 2. The fraction of sp³-hybridized carbons (Fsp3) is 0.364. The number of hydrogen-bond acceptors (Lipinski definition) is 3. The summed E-state index contributed by atoms with van der Waals surface area (Å²) >= 11 is 0. The predicted octanol–water partition coefficient (Wildman–Crippen LogP) is 2.97. The summed E-state index contributed by atoms with van der Waals surface area (Å²) in [6.07, 6.45) is 0.339. The van der Waals surface area contributed by atoms with Crippen LogP contribution in [0.1, 0.15) is 23.5 Å². The van der Waals surface area contributed by atoms with Crippen LogP contribution in [0.15, 0.2) is 54.6 Å². The maximum atomic E-state index is 13.2. The quantitative estimate of drug-likeness (QED) is 0.797. The van der Waals surface area contributed by atoms with E-state index in [1.165, 1.54) is 12.1 Å². The summed E-state index contributed by atoms with van der Waals surface area (Å²) in [4.78, 5) is 27.8. The Labute approximate surface area is 164 Å². The van der Waals surface area contributed by atoms with E-state index in [4.69, 9.17) is 0 Å². The third-order valence-corrected chi connectivity index (χ3v) is 5.34. The lowest BCUT2D eigenvalue weighted by molar-refractivity contribution is -0.141. The van der Waals surface area contributed by atoms with Gasteiger partial charge in [-0.25, -0.2) is 4.39 Å². The molecule has 2 atom stereocenters. The Hall–Kier alpha value is -2.73. The Bertz CT molecular complexity index is 810. The van der Waals surface area contributed by atoms with Gasteiger partial charge in [-0.05, 0) is 23.3 Å². The third-order valence-electron chi connectivity index (χ3n) is 5.34. The van der Waals surface area contributed by atoms with Gasteiger partial charge in [-0.3, -0.25) is 9.59 Å². The van der Waals surface area contributed by atoms with Crippen molar-refractivity contribution >= 4 is 11.9 Å². The number of nitrogens with zero attached hydrogens (tertiary/aromatic N) is 2. The molecule has 1 amide bonds. The average molecular weight is 384 g/mol. The summed E-state index contributed by atoms with van der Waals surface area (Å²) in [5, 5.41) is 9.57. The Morgan fingerprint density at radius 2 is 1.79 bits per heavy atom. The zero-order valence-electron chi connectivity index (χ0n) is 15.9. The van der Waals surface area contributed by atoms with Crippen molar-refractivity contribution in [2.75, 3.05) is 26.7 Å². The fourth-order valence-corrected chi connectivity index (χ4v) is 3.76. The van der Waals surface area contributed by atoms with E-state index in [9.17, 15) is 19.1 Å². The first-order chi connectivity index (χ1) is 13.4. The second kappa shape index (κ2) is 8.97. The summed E-state index contributed by atoms with van der Waals surface area (Å²) in [6, 6.07) is 15.8. The Morgan fingerprint density at radius 1 is 1.11 bits per heavy atom. The number of aliphatic carboxylic acids is 1. The number of carbonyl (C=O) groups is 2. The van der Waals surface area contributed by atoms with E-state index in [0.29, 0.717) is 32.6 Å². The highest BCUT2D eigenvalue weighted by atomic mass is 19.1. The van der Waals surface area contributed by atoms with E-state index in [-0.39, 0.29) is 17.6 Å². The van der Waals surface area contributed by atoms with E-state index in [2.05, 4.69) is 0 Å². The molecule has 1 aliphatic heterocycles. The number of amides is 1. The maximum Gasteiger partial charge on any atom is 0.308 e. The van der Waals surface area contributed by atoms with Crippen molar-refractivity contribution in [2.45, 2.75) is 18.9 Å². The zero-order valence-corrected chi connectivity index (χ0v) is 15.9. The van der Waals surface area contributed by atoms with E-state index in [0.717, 1.165) is 11.1 Å². The van der Waals surface area contributed by atoms with Crippen molar-refractivity contribution in [3.05, 3.63) is 71.5 Å². The molecule has 3 rings (SSSR count). The molecule has 1 heterocycles. The molecule has 1 N–H and O–H groups in total. The van der Waals surface area contributed by atoms with E-state index in [1.54, 1.807) is 24.1 Å². The molecular formula is C22H25FN2O3. The van der Waals surface area contributed by atoms with Crippen molar-refractivity contribution < 1.29 is 19.1 Å². The van der Waals surface area contributed by atoms with Crippen LogP contribution in [0.4, 0.5) is 4.39 Å². The van der Waals surface area contributed by atoms with Gasteiger partial charge in [0.25, 0.3) is 0 Å². The number of carbonyl (C=O) groups excluding carboxylic acids is 1. The first-order valence-electron chi connectivity index (χ1n) is 9.42. The number of hydrogen-bond donors (Lipinski definition) is 1. The molecular weight excluding hydrogens is 359 g/mol. The molecule has 148 valence electrons. The van der Waals surface area contributed by atoms with Gasteiger partial charge in [0.2, 0.25) is 5.91 Å². The Balaban J connectivity index is 1.56. The van der Waals surface area contributed by atoms with Crippen LogP contribution in [0.25, 0.3) is 0 Å². The molecule has 1 aliphatic rings. The highest BCUT2D eigenvalue weighted by Crippen LogP contribution is 2.33. The van der Waals surface area contributed by atoms with Crippen LogP contribution in [0.3, 0.4) is 0 Å². The Kier molecular flexibility index (Phi) is 6.41. The van der Waals surface area contributed by atoms with Crippen molar-refractivity contribution in [3.63, 3.8) is 0 Å². The predicted molar refractivity (Wildman–Crippen MR) is 104 cm³/mol. The van der Waals surface area contributed by atoms with Gasteiger partial charge in [0, 0.05) is 45.6 Å². The minimum Gasteiger partial charge on any atom is -0.481 e. The van der Waals surface area contributed by atoms with Crippen LogP contribution in [-0.4, -0.2) is 53.5 Å². The largest absolute Gasteiger partial charge is 0.481 e. The topological polar surface area (TPSA) is 60.9 Å². The molecule has 0 saturated carbocycles. The molecule has 0 bridgehead atoms. The van der Waals surface area contributed by atoms with Crippen molar-refractivity contribution in [1.82, 2.24) is 9.80 Å². The van der Waals surface area contributed by atoms with Crippen molar-refractivity contribution in [2.24, 2.45) is 5.92 Å². The van der Waals surface area contributed by atoms with E-state index >= 15 is 0 Å². The summed E-state index contributed by atoms with van der Waals surface area (Å²) in [7, 11) is 1.78. The van der Waals surface area contributed by atoms with Crippen LogP contribution in [0.5, 0.6) is 0 Å². The monoisotopic (exact) mass is 384 g/mol. The van der Waals surface area contributed by atoms with Crippen molar-refractivity contribution in [3.8, 4) is 0 Å². The molecule has 0 spiro atoms. The fourth-order valence-electron chi connectivity index (χ4n) is 3.76. The highest BCUT2D eigenvalue weighted by molar-refractivity contribution is 5.76. The molecule has 0 radical (unpaired) electrons. The zero-order chi connectivity index (χ0) is 20.1. The number of carboxylic acid groups (broad SMARTS) is 1. The van der Waals surface area contributed by atoms with Gasteiger partial charge >= 0.3 is 5.97 Å². The number of likely N-dealkylation sites (tertiary alicyclic amines) is 1. The molecule has 28 heavy (non-hydrogen) atoms. The van der Waals surface area contributed by atoms with Crippen LogP contribution in [-0.2, 0) is 16.1 Å². The minimum atomic E-state index is -0.857. The minimum absolute atomic E-state index is 0.0287. The number of halogens is 1. The second-order valence-electron chi connectivity index (χ2n) is 7.35. The SMILES string of the molecule is CN(Cc1ccccc1)C(=O)CCN1C[C@H](C(=O)O)[C@@H](c2ccc(F)cc2)C1. The summed E-state index contributed by atoms with van der Waals surface area (Å²) < 4.78 is 13.2. The molecule has 0 aromatic heterocycles. The molecule has 0 unspecified atom stereocenters. The standard InChI is InChI=1S/C22H25FN2O3/c1-24(13-16-5-3-2-4-6-16)21(26)11-12-25-14-19(20(15-25)22(27)28)17-7-9-18(23)10-8-17/h2-10,19-20H,11-15H2,1H3,(H,27,28)/t19-,20+/m1/s1. The molecule has 1 saturated heterocycles. The van der Waals surface area contributed by atoms with Gasteiger partial charge in [0.05, 0.1) is 5.92 Å². The van der Waals surface area contributed by atoms with Crippen molar-refractivity contribution in [1.29, 1.82) is 0 Å². The van der Waals surface area contributed by atoms with E-state index < -0.39 is 11.9 Å². The van der Waals surface area contributed by atoms with Gasteiger partial charge < -0.3 is 14.9 Å².